The van der Waals surface area contributed by atoms with E-state index >= 15 is 0 Å². The van der Waals surface area contributed by atoms with E-state index in [-0.39, 0.29) is 12.5 Å². The summed E-state index contributed by atoms with van der Waals surface area (Å²) in [7, 11) is 5.68. The summed E-state index contributed by atoms with van der Waals surface area (Å²) < 4.78 is 0. The molecule has 1 amide bonds. The Balaban J connectivity index is 2.87. The van der Waals surface area contributed by atoms with Gasteiger partial charge in [-0.1, -0.05) is 11.8 Å². The van der Waals surface area contributed by atoms with E-state index in [1.54, 1.807) is 24.2 Å². The van der Waals surface area contributed by atoms with Gasteiger partial charge in [-0.3, -0.25) is 9.78 Å². The molecule has 0 aliphatic carbocycles. The van der Waals surface area contributed by atoms with Crippen molar-refractivity contribution in [1.29, 1.82) is 0 Å². The van der Waals surface area contributed by atoms with E-state index in [2.05, 4.69) is 16.8 Å². The van der Waals surface area contributed by atoms with Gasteiger partial charge in [0.1, 0.15) is 6.61 Å². The molecule has 5 nitrogen and oxygen atoms in total. The first-order valence-corrected chi connectivity index (χ1v) is 6.00. The molecule has 1 aromatic heterocycles. The quantitative estimate of drug-likeness (QED) is 0.779. The molecule has 0 atom stereocenters. The minimum Gasteiger partial charge on any atom is -0.384 e. The Morgan fingerprint density at radius 3 is 2.74 bits per heavy atom. The smallest absolute Gasteiger partial charge is 0.255 e. The number of aliphatic hydroxyl groups excluding tert-OH is 1. The predicted octanol–water partition coefficient (Wildman–Crippen LogP) is 0.0590. The second-order valence-electron chi connectivity index (χ2n) is 4.41. The van der Waals surface area contributed by atoms with Crippen LogP contribution in [0.25, 0.3) is 0 Å². The zero-order chi connectivity index (χ0) is 14.3. The maximum Gasteiger partial charge on any atom is 0.255 e. The van der Waals surface area contributed by atoms with E-state index in [0.717, 1.165) is 6.54 Å². The number of hydrogen-bond acceptors (Lipinski definition) is 4. The van der Waals surface area contributed by atoms with Crippen molar-refractivity contribution in [2.75, 3.05) is 40.8 Å². The van der Waals surface area contributed by atoms with Gasteiger partial charge in [-0.25, -0.2) is 0 Å². The van der Waals surface area contributed by atoms with Gasteiger partial charge in [0, 0.05) is 32.5 Å². The lowest BCUT2D eigenvalue weighted by molar-refractivity contribution is 0.0786. The van der Waals surface area contributed by atoms with Crippen molar-refractivity contribution in [2.24, 2.45) is 0 Å². The lowest BCUT2D eigenvalue weighted by Gasteiger charge is -2.20. The van der Waals surface area contributed by atoms with Crippen LogP contribution in [0.2, 0.25) is 0 Å². The van der Waals surface area contributed by atoms with Gasteiger partial charge in [0.25, 0.3) is 5.91 Å². The molecule has 1 rings (SSSR count). The second-order valence-corrected chi connectivity index (χ2v) is 4.41. The topological polar surface area (TPSA) is 56.7 Å². The number of nitrogens with zero attached hydrogens (tertiary/aromatic N) is 3. The Labute approximate surface area is 113 Å². The van der Waals surface area contributed by atoms with Crippen molar-refractivity contribution in [2.45, 2.75) is 0 Å². The van der Waals surface area contributed by atoms with Crippen LogP contribution in [0.15, 0.2) is 18.5 Å². The maximum atomic E-state index is 12.3. The van der Waals surface area contributed by atoms with Crippen molar-refractivity contribution < 1.29 is 9.90 Å². The van der Waals surface area contributed by atoms with Gasteiger partial charge in [0.2, 0.25) is 0 Å². The number of rotatable bonds is 4. The van der Waals surface area contributed by atoms with Gasteiger partial charge in [-0.15, -0.1) is 0 Å². The van der Waals surface area contributed by atoms with Gasteiger partial charge in [-0.2, -0.15) is 0 Å². The maximum absolute atomic E-state index is 12.3. The average Bonchev–Trinajstić information content (AvgIpc) is 2.42. The standard InChI is InChI=1S/C14H19N3O2/c1-16(2)8-9-17(3)14(19)13-6-7-15-11-12(13)5-4-10-18/h6-7,11,18H,8-10H2,1-3H3. The first kappa shape index (κ1) is 15.2. The molecule has 0 spiro atoms. The van der Waals surface area contributed by atoms with Crippen molar-refractivity contribution in [3.05, 3.63) is 29.6 Å². The number of amides is 1. The van der Waals surface area contributed by atoms with Crippen LogP contribution in [0.1, 0.15) is 15.9 Å². The first-order valence-electron chi connectivity index (χ1n) is 6.00. The summed E-state index contributed by atoms with van der Waals surface area (Å²) in [6.45, 7) is 1.20. The van der Waals surface area contributed by atoms with Crippen molar-refractivity contribution in [3.8, 4) is 11.8 Å². The zero-order valence-electron chi connectivity index (χ0n) is 11.6. The van der Waals surface area contributed by atoms with Crippen LogP contribution in [0, 0.1) is 11.8 Å². The Morgan fingerprint density at radius 1 is 1.37 bits per heavy atom. The highest BCUT2D eigenvalue weighted by atomic mass is 16.2. The SMILES string of the molecule is CN(C)CCN(C)C(=O)c1ccncc1C#CCO. The highest BCUT2D eigenvalue weighted by molar-refractivity contribution is 5.96. The highest BCUT2D eigenvalue weighted by Crippen LogP contribution is 2.08. The van der Waals surface area contributed by atoms with Crippen LogP contribution in [0.5, 0.6) is 0 Å². The van der Waals surface area contributed by atoms with Crippen LogP contribution in [-0.4, -0.2) is 66.6 Å². The predicted molar refractivity (Wildman–Crippen MR) is 73.7 cm³/mol. The van der Waals surface area contributed by atoms with Crippen LogP contribution >= 0.6 is 0 Å². The molecule has 0 bridgehead atoms. The van der Waals surface area contributed by atoms with Gasteiger partial charge >= 0.3 is 0 Å². The summed E-state index contributed by atoms with van der Waals surface area (Å²) >= 11 is 0. The Hall–Kier alpha value is -1.90. The molecule has 0 fully saturated rings. The second kappa shape index (κ2) is 7.52. The molecule has 0 radical (unpaired) electrons. The van der Waals surface area contributed by atoms with Crippen LogP contribution < -0.4 is 0 Å². The average molecular weight is 261 g/mol. The summed E-state index contributed by atoms with van der Waals surface area (Å²) in [5.41, 5.74) is 1.05. The first-order chi connectivity index (χ1) is 9.06. The highest BCUT2D eigenvalue weighted by Gasteiger charge is 2.14. The van der Waals surface area contributed by atoms with E-state index in [9.17, 15) is 4.79 Å². The molecule has 1 aromatic rings. The summed E-state index contributed by atoms with van der Waals surface area (Å²) in [5.74, 6) is 5.19. The van der Waals surface area contributed by atoms with Crippen LogP contribution in [-0.2, 0) is 0 Å². The Bertz CT molecular complexity index is 489. The summed E-state index contributed by atoms with van der Waals surface area (Å²) in [5, 5.41) is 8.72. The molecule has 1 N–H and O–H groups in total. The normalized spacial score (nSPS) is 9.95. The summed E-state index contributed by atoms with van der Waals surface area (Å²) in [6.07, 6.45) is 3.10. The van der Waals surface area contributed by atoms with E-state index in [4.69, 9.17) is 5.11 Å². The van der Waals surface area contributed by atoms with E-state index in [0.29, 0.717) is 17.7 Å². The molecule has 5 heteroatoms. The summed E-state index contributed by atoms with van der Waals surface area (Å²) in [6, 6.07) is 1.65. The number of aliphatic hydroxyl groups is 1. The fourth-order valence-electron chi connectivity index (χ4n) is 1.47. The molecule has 0 saturated carbocycles. The largest absolute Gasteiger partial charge is 0.384 e. The van der Waals surface area contributed by atoms with Gasteiger partial charge < -0.3 is 14.9 Å². The van der Waals surface area contributed by atoms with Crippen molar-refractivity contribution in [3.63, 3.8) is 0 Å². The molecule has 0 aliphatic heterocycles. The molecule has 0 unspecified atom stereocenters. The molecule has 19 heavy (non-hydrogen) atoms. The fourth-order valence-corrected chi connectivity index (χ4v) is 1.47. The molecule has 0 aliphatic rings. The van der Waals surface area contributed by atoms with Crippen LogP contribution in [0.4, 0.5) is 0 Å². The van der Waals surface area contributed by atoms with Crippen molar-refractivity contribution >= 4 is 5.91 Å². The lowest BCUT2D eigenvalue weighted by Crippen LogP contribution is -2.33. The number of pyridine rings is 1. The summed E-state index contributed by atoms with van der Waals surface area (Å²) in [4.78, 5) is 19.9. The van der Waals surface area contributed by atoms with E-state index in [1.807, 2.05) is 19.0 Å². The van der Waals surface area contributed by atoms with Gasteiger partial charge in [-0.05, 0) is 20.2 Å². The number of carbonyl (C=O) groups excluding carboxylic acids is 1. The number of carbonyl (C=O) groups is 1. The molecule has 0 saturated heterocycles. The monoisotopic (exact) mass is 261 g/mol. The molecular weight excluding hydrogens is 242 g/mol. The van der Waals surface area contributed by atoms with E-state index in [1.165, 1.54) is 6.20 Å². The minimum absolute atomic E-state index is 0.0912. The van der Waals surface area contributed by atoms with Gasteiger partial charge in [0.15, 0.2) is 0 Å². The third-order valence-electron chi connectivity index (χ3n) is 2.58. The minimum atomic E-state index is -0.237. The number of likely N-dealkylation sites (N-methyl/N-ethyl adjacent to an activating group) is 2. The lowest BCUT2D eigenvalue weighted by atomic mass is 10.1. The van der Waals surface area contributed by atoms with E-state index < -0.39 is 0 Å². The fraction of sp³-hybridized carbons (Fsp3) is 0.429. The Kier molecular flexibility index (Phi) is 6.00. The molecule has 0 aromatic carbocycles. The Morgan fingerprint density at radius 2 is 2.11 bits per heavy atom. The molecular formula is C14H19N3O2. The third-order valence-corrected chi connectivity index (χ3v) is 2.58. The number of hydrogen-bond donors (Lipinski definition) is 1. The van der Waals surface area contributed by atoms with Gasteiger partial charge in [0.05, 0.1) is 11.1 Å². The zero-order valence-corrected chi connectivity index (χ0v) is 11.6. The van der Waals surface area contributed by atoms with Crippen molar-refractivity contribution in [1.82, 2.24) is 14.8 Å². The molecule has 102 valence electrons. The van der Waals surface area contributed by atoms with Crippen LogP contribution in [0.3, 0.4) is 0 Å². The number of aromatic nitrogens is 1. The third kappa shape index (κ3) is 4.70. The molecule has 1 heterocycles.